The molecule has 0 saturated carbocycles. The second kappa shape index (κ2) is 34.6. The Bertz CT molecular complexity index is 2170. The zero-order valence-electron chi connectivity index (χ0n) is 56.8. The zero-order valence-corrected chi connectivity index (χ0v) is 56.8. The van der Waals surface area contributed by atoms with Gasteiger partial charge in [-0.05, 0) is 125 Å². The Balaban J connectivity index is 1.92. The van der Waals surface area contributed by atoms with Gasteiger partial charge in [0.05, 0.1) is 63.9 Å². The van der Waals surface area contributed by atoms with Gasteiger partial charge in [-0.25, -0.2) is 0 Å². The first-order valence-corrected chi connectivity index (χ1v) is 31.3. The van der Waals surface area contributed by atoms with Gasteiger partial charge in [-0.2, -0.15) is 0 Å². The molecule has 502 valence electrons. The van der Waals surface area contributed by atoms with E-state index in [9.17, 15) is 38.4 Å². The highest BCUT2D eigenvalue weighted by Gasteiger charge is 2.34. The van der Waals surface area contributed by atoms with Crippen molar-refractivity contribution in [3.8, 4) is 0 Å². The highest BCUT2D eigenvalue weighted by Crippen LogP contribution is 2.17. The van der Waals surface area contributed by atoms with Crippen LogP contribution in [0.25, 0.3) is 0 Å². The molecule has 87 heavy (non-hydrogen) atoms. The standard InChI is InChI=1S/C62H115N11O14/c1-57(2,3)82-38-37-64-19-21-65(23-26-68(44-52(77)84-59(7,8)9)30-29-67(22-20-64)43-51(76)83-58(4,5)6)41-49(74)72-35-36-73(40-48(39-72)56(63)81)50(75)42-66-24-27-69(45-53(78)85-60(10,11)12)31-33-71(47-55(80)87-62(16,17)18)34-32-70(28-25-66)46-54(79)86-61(13,14)15/h48H,19-47H2,1-18H3,(H2,63,81). The van der Waals surface area contributed by atoms with E-state index in [0.29, 0.717) is 118 Å². The average Bonchev–Trinajstić information content (AvgIpc) is 3.31. The Hall–Kier alpha value is -4.60. The summed E-state index contributed by atoms with van der Waals surface area (Å²) < 4.78 is 34.8. The number of primary amides is 1. The molecule has 0 aromatic rings. The second-order valence-corrected chi connectivity index (χ2v) is 29.4. The Labute approximate surface area is 521 Å². The van der Waals surface area contributed by atoms with Crippen molar-refractivity contribution in [1.82, 2.24) is 49.0 Å². The lowest BCUT2D eigenvalue weighted by Gasteiger charge is -2.35. The van der Waals surface area contributed by atoms with E-state index >= 15 is 0 Å². The predicted octanol–water partition coefficient (Wildman–Crippen LogP) is 1.73. The smallest absolute Gasteiger partial charge is 0.320 e. The molecule has 0 radical (unpaired) electrons. The van der Waals surface area contributed by atoms with E-state index in [1.54, 1.807) is 51.3 Å². The third-order valence-corrected chi connectivity index (χ3v) is 14.0. The van der Waals surface area contributed by atoms with Crippen molar-refractivity contribution in [3.05, 3.63) is 0 Å². The molecule has 0 spiro atoms. The summed E-state index contributed by atoms with van der Waals surface area (Å²) in [6, 6.07) is 0. The van der Waals surface area contributed by atoms with Crippen LogP contribution in [0.2, 0.25) is 0 Å². The van der Waals surface area contributed by atoms with Gasteiger partial charge in [-0.15, -0.1) is 0 Å². The van der Waals surface area contributed by atoms with Crippen molar-refractivity contribution in [2.75, 3.05) is 190 Å². The van der Waals surface area contributed by atoms with E-state index in [2.05, 4.69) is 14.7 Å². The number of rotatable bonds is 18. The van der Waals surface area contributed by atoms with Crippen LogP contribution in [0.4, 0.5) is 0 Å². The third-order valence-electron chi connectivity index (χ3n) is 14.0. The summed E-state index contributed by atoms with van der Waals surface area (Å²) in [5, 5.41) is 0. The largest absolute Gasteiger partial charge is 0.459 e. The lowest BCUT2D eigenvalue weighted by atomic mass is 10.1. The number of nitrogens with two attached hydrogens (primary N) is 1. The fourth-order valence-corrected chi connectivity index (χ4v) is 9.98. The van der Waals surface area contributed by atoms with E-state index in [-0.39, 0.29) is 95.4 Å². The molecule has 0 bridgehead atoms. The Morgan fingerprint density at radius 2 is 0.517 bits per heavy atom. The first-order chi connectivity index (χ1) is 40.0. The molecule has 3 saturated heterocycles. The summed E-state index contributed by atoms with van der Waals surface area (Å²) in [6.45, 7) is 41.1. The SMILES string of the molecule is CC(C)(C)OCCN1CCN(CC(=O)OC(C)(C)C)CCN(CC(=O)OC(C)(C)C)CCN(CC(=O)N2CCN(C(=O)CN3CCN(CC(=O)OC(C)(C)C)CCN(CC(=O)OC(C)(C)C)CCN(CC(=O)OC(C)(C)C)CC3)CC(C(N)=O)C2)CC1. The molecule has 3 fully saturated rings. The van der Waals surface area contributed by atoms with Crippen molar-refractivity contribution in [1.29, 1.82) is 0 Å². The molecule has 25 heteroatoms. The molecule has 1 unspecified atom stereocenters. The van der Waals surface area contributed by atoms with Gasteiger partial charge in [0.15, 0.2) is 0 Å². The number of carbonyl (C=O) groups excluding carboxylic acids is 8. The van der Waals surface area contributed by atoms with Gasteiger partial charge in [-0.1, -0.05) is 0 Å². The maximum absolute atomic E-state index is 14.7. The van der Waals surface area contributed by atoms with E-state index in [1.807, 2.05) is 108 Å². The van der Waals surface area contributed by atoms with Crippen LogP contribution in [-0.2, 0) is 66.8 Å². The van der Waals surface area contributed by atoms with Crippen molar-refractivity contribution < 1.29 is 66.8 Å². The van der Waals surface area contributed by atoms with E-state index in [0.717, 1.165) is 0 Å². The second-order valence-electron chi connectivity index (χ2n) is 29.4. The molecule has 3 heterocycles. The summed E-state index contributed by atoms with van der Waals surface area (Å²) in [6.07, 6.45) is 0. The molecule has 3 rings (SSSR count). The molecular weight excluding hydrogens is 1120 g/mol. The summed E-state index contributed by atoms with van der Waals surface area (Å²) in [4.78, 5) is 129. The topological polar surface area (TPSA) is 250 Å². The first kappa shape index (κ1) is 76.6. The molecule has 0 aromatic carbocycles. The monoisotopic (exact) mass is 1240 g/mol. The van der Waals surface area contributed by atoms with Gasteiger partial charge in [0.2, 0.25) is 17.7 Å². The van der Waals surface area contributed by atoms with Crippen LogP contribution in [0.3, 0.4) is 0 Å². The molecule has 3 aliphatic rings. The number of hydrogen-bond acceptors (Lipinski definition) is 22. The lowest BCUT2D eigenvalue weighted by molar-refractivity contribution is -0.158. The fraction of sp³-hybridized carbons (Fsp3) is 0.871. The van der Waals surface area contributed by atoms with Gasteiger partial charge in [0.25, 0.3) is 0 Å². The third kappa shape index (κ3) is 35.4. The zero-order chi connectivity index (χ0) is 65.7. The number of hydrogen-bond donors (Lipinski definition) is 1. The normalized spacial score (nSPS) is 20.2. The number of amides is 3. The van der Waals surface area contributed by atoms with Crippen LogP contribution >= 0.6 is 0 Å². The van der Waals surface area contributed by atoms with E-state index in [1.165, 1.54) is 0 Å². The van der Waals surface area contributed by atoms with Crippen molar-refractivity contribution in [2.45, 2.75) is 158 Å². The Kier molecular flexibility index (Phi) is 30.4. The van der Waals surface area contributed by atoms with Crippen LogP contribution in [0.5, 0.6) is 0 Å². The Morgan fingerprint density at radius 1 is 0.310 bits per heavy atom. The summed E-state index contributed by atoms with van der Waals surface area (Å²) in [7, 11) is 0. The van der Waals surface area contributed by atoms with Crippen molar-refractivity contribution in [3.63, 3.8) is 0 Å². The molecular formula is C62H115N11O14. The van der Waals surface area contributed by atoms with Gasteiger partial charge in [0, 0.05) is 137 Å². The minimum atomic E-state index is -0.874. The van der Waals surface area contributed by atoms with Crippen LogP contribution < -0.4 is 5.73 Å². The quantitative estimate of drug-likeness (QED) is 0.152. The number of ether oxygens (including phenoxy) is 6. The molecule has 1 atom stereocenters. The Morgan fingerprint density at radius 3 is 0.713 bits per heavy atom. The predicted molar refractivity (Wildman–Crippen MR) is 332 cm³/mol. The summed E-state index contributed by atoms with van der Waals surface area (Å²) in [5.41, 5.74) is 2.20. The van der Waals surface area contributed by atoms with E-state index in [4.69, 9.17) is 34.2 Å². The molecule has 3 amide bonds. The minimum Gasteiger partial charge on any atom is -0.459 e. The lowest BCUT2D eigenvalue weighted by Crippen LogP contribution is -2.51. The molecule has 3 aliphatic heterocycles. The summed E-state index contributed by atoms with van der Waals surface area (Å²) in [5.74, 6) is -4.01. The molecule has 25 nitrogen and oxygen atoms in total. The maximum atomic E-state index is 14.7. The molecule has 0 aliphatic carbocycles. The number of esters is 5. The van der Waals surface area contributed by atoms with Crippen LogP contribution in [-0.4, -0.2) is 320 Å². The van der Waals surface area contributed by atoms with Crippen LogP contribution in [0, 0.1) is 5.92 Å². The minimum absolute atomic E-state index is 0.00527. The maximum Gasteiger partial charge on any atom is 0.320 e. The highest BCUT2D eigenvalue weighted by atomic mass is 16.6. The van der Waals surface area contributed by atoms with Crippen LogP contribution in [0.15, 0.2) is 0 Å². The highest BCUT2D eigenvalue weighted by molar-refractivity contribution is 5.83. The van der Waals surface area contributed by atoms with Crippen molar-refractivity contribution in [2.24, 2.45) is 11.7 Å². The molecule has 0 aromatic heterocycles. The number of carbonyl (C=O) groups is 8. The number of nitrogens with zero attached hydrogens (tertiary/aromatic N) is 10. The van der Waals surface area contributed by atoms with Gasteiger partial charge < -0.3 is 44.0 Å². The fourth-order valence-electron chi connectivity index (χ4n) is 9.98. The van der Waals surface area contributed by atoms with E-state index < -0.39 is 63.7 Å². The molecule has 2 N–H and O–H groups in total. The van der Waals surface area contributed by atoms with Crippen molar-refractivity contribution >= 4 is 47.6 Å². The summed E-state index contributed by atoms with van der Waals surface area (Å²) >= 11 is 0. The first-order valence-electron chi connectivity index (χ1n) is 31.3. The average molecular weight is 1240 g/mol. The van der Waals surface area contributed by atoms with Gasteiger partial charge in [0.1, 0.15) is 28.0 Å². The van der Waals surface area contributed by atoms with Gasteiger partial charge in [-0.3, -0.25) is 77.6 Å². The van der Waals surface area contributed by atoms with Gasteiger partial charge >= 0.3 is 29.8 Å². The van der Waals surface area contributed by atoms with Crippen LogP contribution in [0.1, 0.15) is 125 Å².